The Labute approximate surface area is 143 Å². The minimum Gasteiger partial charge on any atom is -0.361 e. The Bertz CT molecular complexity index is 619. The molecule has 0 N–H and O–H groups in total. The summed E-state index contributed by atoms with van der Waals surface area (Å²) in [6, 6.07) is 9.98. The van der Waals surface area contributed by atoms with Crippen molar-refractivity contribution in [2.24, 2.45) is 0 Å². The first-order valence-electron chi connectivity index (χ1n) is 8.31. The highest BCUT2D eigenvalue weighted by molar-refractivity contribution is 5.90. The zero-order valence-electron chi connectivity index (χ0n) is 14.6. The number of benzene rings is 1. The third-order valence-corrected chi connectivity index (χ3v) is 4.88. The largest absolute Gasteiger partial charge is 0.361 e. The maximum absolute atomic E-state index is 12.9. The molecule has 2 atom stereocenters. The van der Waals surface area contributed by atoms with Gasteiger partial charge in [0.15, 0.2) is 5.60 Å². The fourth-order valence-corrected chi connectivity index (χ4v) is 3.71. The highest BCUT2D eigenvalue weighted by atomic mass is 16.5. The van der Waals surface area contributed by atoms with Gasteiger partial charge in [-0.2, -0.15) is 0 Å². The lowest BCUT2D eigenvalue weighted by molar-refractivity contribution is -0.167. The van der Waals surface area contributed by atoms with Crippen molar-refractivity contribution in [2.75, 3.05) is 53.9 Å². The van der Waals surface area contributed by atoms with Crippen LogP contribution in [0.15, 0.2) is 30.3 Å². The average molecular weight is 331 g/mol. The van der Waals surface area contributed by atoms with E-state index in [9.17, 15) is 9.59 Å². The van der Waals surface area contributed by atoms with Crippen molar-refractivity contribution in [1.29, 1.82) is 0 Å². The van der Waals surface area contributed by atoms with Crippen LogP contribution in [0.25, 0.3) is 0 Å². The van der Waals surface area contributed by atoms with Crippen LogP contribution in [0, 0.1) is 0 Å². The Kier molecular flexibility index (Phi) is 4.60. The average Bonchev–Trinajstić information content (AvgIpc) is 2.80. The van der Waals surface area contributed by atoms with E-state index in [4.69, 9.17) is 4.74 Å². The fraction of sp³-hybridized carbons (Fsp3) is 0.556. The monoisotopic (exact) mass is 331 g/mol. The van der Waals surface area contributed by atoms with Crippen LogP contribution in [0.3, 0.4) is 0 Å². The first kappa shape index (κ1) is 16.9. The minimum atomic E-state index is -0.962. The number of carbonyl (C=O) groups is 2. The predicted octanol–water partition coefficient (Wildman–Crippen LogP) is 0.401. The highest BCUT2D eigenvalue weighted by Gasteiger charge is 2.57. The molecule has 24 heavy (non-hydrogen) atoms. The molecular weight excluding hydrogens is 306 g/mol. The van der Waals surface area contributed by atoms with Crippen molar-refractivity contribution in [2.45, 2.75) is 11.5 Å². The summed E-state index contributed by atoms with van der Waals surface area (Å²) in [4.78, 5) is 30.7. The van der Waals surface area contributed by atoms with Crippen LogP contribution in [-0.2, 0) is 14.3 Å². The Morgan fingerprint density at radius 3 is 2.71 bits per heavy atom. The minimum absolute atomic E-state index is 0.0290. The Morgan fingerprint density at radius 2 is 2.04 bits per heavy atom. The molecule has 2 aliphatic rings. The second-order valence-corrected chi connectivity index (χ2v) is 6.94. The van der Waals surface area contributed by atoms with E-state index in [2.05, 4.69) is 0 Å². The van der Waals surface area contributed by atoms with Gasteiger partial charge in [-0.15, -0.1) is 0 Å². The summed E-state index contributed by atoms with van der Waals surface area (Å²) in [7, 11) is 5.54. The zero-order valence-corrected chi connectivity index (χ0v) is 14.6. The molecule has 6 nitrogen and oxygen atoms in total. The van der Waals surface area contributed by atoms with Gasteiger partial charge in [0, 0.05) is 26.1 Å². The lowest BCUT2D eigenvalue weighted by Gasteiger charge is -2.42. The molecule has 0 unspecified atom stereocenters. The topological polar surface area (TPSA) is 53.1 Å². The van der Waals surface area contributed by atoms with Crippen LogP contribution in [0.4, 0.5) is 0 Å². The van der Waals surface area contributed by atoms with Crippen molar-refractivity contribution in [3.05, 3.63) is 35.9 Å². The maximum Gasteiger partial charge on any atom is 0.257 e. The molecule has 130 valence electrons. The second-order valence-electron chi connectivity index (χ2n) is 6.94. The molecule has 2 heterocycles. The van der Waals surface area contributed by atoms with Gasteiger partial charge in [-0.3, -0.25) is 9.59 Å². The molecule has 2 aliphatic heterocycles. The SMILES string of the molecule is CN(C)CC(=O)N1CCO[C@@]2(C1)C(=O)N(C)C[C@@H]2c1ccccc1. The molecule has 6 heteroatoms. The molecule has 0 saturated carbocycles. The van der Waals surface area contributed by atoms with E-state index >= 15 is 0 Å². The van der Waals surface area contributed by atoms with E-state index in [0.29, 0.717) is 32.8 Å². The number of amides is 2. The maximum atomic E-state index is 12.9. The van der Waals surface area contributed by atoms with Crippen LogP contribution >= 0.6 is 0 Å². The number of rotatable bonds is 3. The quantitative estimate of drug-likeness (QED) is 0.805. The van der Waals surface area contributed by atoms with E-state index in [1.165, 1.54) is 0 Å². The van der Waals surface area contributed by atoms with Crippen LogP contribution in [0.2, 0.25) is 0 Å². The molecule has 0 radical (unpaired) electrons. The molecule has 2 amide bonds. The lowest BCUT2D eigenvalue weighted by atomic mass is 9.83. The number of likely N-dealkylation sites (tertiary alicyclic amines) is 1. The van der Waals surface area contributed by atoms with Crippen LogP contribution in [0.5, 0.6) is 0 Å². The van der Waals surface area contributed by atoms with Crippen LogP contribution < -0.4 is 0 Å². The molecule has 0 bridgehead atoms. The normalized spacial score (nSPS) is 27.3. The van der Waals surface area contributed by atoms with E-state index in [-0.39, 0.29) is 17.7 Å². The number of likely N-dealkylation sites (N-methyl/N-ethyl adjacent to an activating group) is 2. The molecule has 2 saturated heterocycles. The van der Waals surface area contributed by atoms with Crippen molar-refractivity contribution in [1.82, 2.24) is 14.7 Å². The van der Waals surface area contributed by atoms with Crippen molar-refractivity contribution < 1.29 is 14.3 Å². The summed E-state index contributed by atoms with van der Waals surface area (Å²) < 4.78 is 6.06. The number of hydrogen-bond donors (Lipinski definition) is 0. The number of hydrogen-bond acceptors (Lipinski definition) is 4. The predicted molar refractivity (Wildman–Crippen MR) is 90.6 cm³/mol. The number of ether oxygens (including phenoxy) is 1. The molecule has 3 rings (SSSR count). The molecule has 2 fully saturated rings. The molecule has 1 spiro atoms. The summed E-state index contributed by atoms with van der Waals surface area (Å²) in [5.41, 5.74) is 0.119. The summed E-state index contributed by atoms with van der Waals surface area (Å²) in [6.07, 6.45) is 0. The Balaban J connectivity index is 1.90. The molecule has 0 aromatic heterocycles. The van der Waals surface area contributed by atoms with Crippen molar-refractivity contribution in [3.8, 4) is 0 Å². The van der Waals surface area contributed by atoms with Gasteiger partial charge < -0.3 is 19.4 Å². The van der Waals surface area contributed by atoms with Crippen LogP contribution in [-0.4, -0.2) is 86.0 Å². The van der Waals surface area contributed by atoms with Gasteiger partial charge in [0.05, 0.1) is 19.7 Å². The van der Waals surface area contributed by atoms with Gasteiger partial charge in [0.2, 0.25) is 5.91 Å². The second kappa shape index (κ2) is 6.53. The third-order valence-electron chi connectivity index (χ3n) is 4.88. The molecular formula is C18H25N3O3. The molecule has 1 aromatic carbocycles. The lowest BCUT2D eigenvalue weighted by Crippen LogP contribution is -2.60. The first-order valence-corrected chi connectivity index (χ1v) is 8.31. The van der Waals surface area contributed by atoms with Gasteiger partial charge in [0.1, 0.15) is 0 Å². The summed E-state index contributed by atoms with van der Waals surface area (Å²) in [6.45, 7) is 2.20. The molecule has 1 aromatic rings. The van der Waals surface area contributed by atoms with Gasteiger partial charge in [-0.25, -0.2) is 0 Å². The molecule has 0 aliphatic carbocycles. The Hall–Kier alpha value is -1.92. The van der Waals surface area contributed by atoms with E-state index in [0.717, 1.165) is 5.56 Å². The van der Waals surface area contributed by atoms with Crippen molar-refractivity contribution >= 4 is 11.8 Å². The first-order chi connectivity index (χ1) is 11.4. The smallest absolute Gasteiger partial charge is 0.257 e. The van der Waals surface area contributed by atoms with Gasteiger partial charge in [-0.1, -0.05) is 30.3 Å². The Morgan fingerprint density at radius 1 is 1.33 bits per heavy atom. The van der Waals surface area contributed by atoms with Crippen LogP contribution in [0.1, 0.15) is 11.5 Å². The number of morpholine rings is 1. The summed E-state index contributed by atoms with van der Waals surface area (Å²) in [5.74, 6) is -0.0540. The fourth-order valence-electron chi connectivity index (χ4n) is 3.71. The van der Waals surface area contributed by atoms with E-state index in [1.54, 1.807) is 16.8 Å². The van der Waals surface area contributed by atoms with Crippen molar-refractivity contribution in [3.63, 3.8) is 0 Å². The van der Waals surface area contributed by atoms with E-state index < -0.39 is 5.60 Å². The third kappa shape index (κ3) is 2.91. The highest BCUT2D eigenvalue weighted by Crippen LogP contribution is 2.41. The summed E-state index contributed by atoms with van der Waals surface area (Å²) >= 11 is 0. The van der Waals surface area contributed by atoms with E-state index in [1.807, 2.05) is 49.3 Å². The zero-order chi connectivity index (χ0) is 17.3. The summed E-state index contributed by atoms with van der Waals surface area (Å²) in [5, 5.41) is 0. The standard InChI is InChI=1S/C18H25N3O3/c1-19(2)12-16(22)21-9-10-24-18(13-21)15(11-20(3)17(18)23)14-7-5-4-6-8-14/h4-8,15H,9-13H2,1-3H3/t15-,18-/m1/s1. The number of nitrogens with zero attached hydrogens (tertiary/aromatic N) is 3. The number of carbonyl (C=O) groups excluding carboxylic acids is 2. The van der Waals surface area contributed by atoms with Gasteiger partial charge >= 0.3 is 0 Å². The van der Waals surface area contributed by atoms with Gasteiger partial charge in [0.25, 0.3) is 5.91 Å². The van der Waals surface area contributed by atoms with Gasteiger partial charge in [-0.05, 0) is 19.7 Å².